The number of rotatable bonds is 1. The summed E-state index contributed by atoms with van der Waals surface area (Å²) in [7, 11) is 4.26. The number of benzene rings is 2. The highest BCUT2D eigenvalue weighted by atomic mass is 15.0. The van der Waals surface area contributed by atoms with E-state index in [0.29, 0.717) is 0 Å². The van der Waals surface area contributed by atoms with Gasteiger partial charge in [-0.2, -0.15) is 9.13 Å². The van der Waals surface area contributed by atoms with Crippen LogP contribution in [-0.2, 0) is 14.1 Å². The molecule has 0 aliphatic heterocycles. The van der Waals surface area contributed by atoms with Gasteiger partial charge in [0.05, 0.1) is 0 Å². The zero-order valence-corrected chi connectivity index (χ0v) is 12.8. The molecular weight excluding hydrogens is 268 g/mol. The maximum Gasteiger partial charge on any atom is 0.277 e. The zero-order chi connectivity index (χ0) is 15.1. The summed E-state index contributed by atoms with van der Waals surface area (Å²) in [6, 6.07) is 25.8. The van der Waals surface area contributed by atoms with Gasteiger partial charge in [0, 0.05) is 35.0 Å². The molecule has 0 aliphatic carbocycles. The van der Waals surface area contributed by atoms with Crippen LogP contribution in [0.3, 0.4) is 0 Å². The second-order valence-electron chi connectivity index (χ2n) is 5.67. The van der Waals surface area contributed by atoms with Crippen LogP contribution in [0.2, 0.25) is 0 Å². The molecule has 2 aromatic carbocycles. The van der Waals surface area contributed by atoms with Crippen molar-refractivity contribution in [2.24, 2.45) is 14.1 Å². The predicted molar refractivity (Wildman–Crippen MR) is 89.2 cm³/mol. The lowest BCUT2D eigenvalue weighted by Gasteiger charge is -2.04. The molecule has 4 rings (SSSR count). The Morgan fingerprint density at radius 1 is 0.500 bits per heavy atom. The van der Waals surface area contributed by atoms with Gasteiger partial charge in [0.2, 0.25) is 11.0 Å². The minimum atomic E-state index is 1.21. The number of hydrogen-bond donors (Lipinski definition) is 0. The topological polar surface area (TPSA) is 7.76 Å². The van der Waals surface area contributed by atoms with Crippen LogP contribution in [0.1, 0.15) is 0 Å². The van der Waals surface area contributed by atoms with Crippen molar-refractivity contribution in [3.05, 3.63) is 72.8 Å². The summed E-state index contributed by atoms with van der Waals surface area (Å²) in [4.78, 5) is 0. The van der Waals surface area contributed by atoms with Crippen molar-refractivity contribution in [3.8, 4) is 11.4 Å². The highest BCUT2D eigenvalue weighted by molar-refractivity contribution is 5.79. The van der Waals surface area contributed by atoms with E-state index >= 15 is 0 Å². The van der Waals surface area contributed by atoms with E-state index in [1.807, 2.05) is 0 Å². The summed E-state index contributed by atoms with van der Waals surface area (Å²) in [5.74, 6) is 0. The van der Waals surface area contributed by atoms with Crippen molar-refractivity contribution in [1.82, 2.24) is 0 Å². The normalized spacial score (nSPS) is 11.2. The van der Waals surface area contributed by atoms with Gasteiger partial charge in [-0.15, -0.1) is 0 Å². The second kappa shape index (κ2) is 4.92. The molecule has 4 aromatic rings. The van der Waals surface area contributed by atoms with Crippen molar-refractivity contribution < 1.29 is 9.13 Å². The number of fused-ring (bicyclic) bond motifs is 2. The molecule has 2 heteroatoms. The van der Waals surface area contributed by atoms with E-state index in [2.05, 4.69) is 96.0 Å². The largest absolute Gasteiger partial charge is 0.277 e. The molecule has 0 atom stereocenters. The van der Waals surface area contributed by atoms with E-state index in [1.54, 1.807) is 0 Å². The number of pyridine rings is 2. The molecule has 106 valence electrons. The van der Waals surface area contributed by atoms with Crippen LogP contribution in [0.4, 0.5) is 0 Å². The minimum absolute atomic E-state index is 1.21. The Labute approximate surface area is 129 Å². The SMILES string of the molecule is C[n+]1c(-c2ccc3ccccc3[n+]2C)ccc2ccccc21. The quantitative estimate of drug-likeness (QED) is 0.474. The number of nitrogens with zero attached hydrogens (tertiary/aromatic N) is 2. The highest BCUT2D eigenvalue weighted by Crippen LogP contribution is 2.19. The van der Waals surface area contributed by atoms with E-state index in [0.717, 1.165) is 0 Å². The standard InChI is InChI=1S/C20H18N2/c1-21-17-9-5-3-7-15(17)11-13-19(21)20-14-12-16-8-4-6-10-18(16)22(20)2/h3-14H,1-2H3/q+2. The first kappa shape index (κ1) is 13.0. The summed E-state index contributed by atoms with van der Waals surface area (Å²) in [6.07, 6.45) is 0. The summed E-state index contributed by atoms with van der Waals surface area (Å²) in [5, 5.41) is 2.52. The van der Waals surface area contributed by atoms with Crippen molar-refractivity contribution in [3.63, 3.8) is 0 Å². The summed E-state index contributed by atoms with van der Waals surface area (Å²) in [6.45, 7) is 0. The van der Waals surface area contributed by atoms with Crippen LogP contribution in [0.15, 0.2) is 72.8 Å². The van der Waals surface area contributed by atoms with Crippen LogP contribution in [0, 0.1) is 0 Å². The van der Waals surface area contributed by atoms with Gasteiger partial charge in [0.15, 0.2) is 0 Å². The van der Waals surface area contributed by atoms with Crippen molar-refractivity contribution in [1.29, 1.82) is 0 Å². The zero-order valence-electron chi connectivity index (χ0n) is 12.8. The molecule has 0 fully saturated rings. The lowest BCUT2D eigenvalue weighted by Crippen LogP contribution is -2.39. The molecule has 2 heterocycles. The van der Waals surface area contributed by atoms with Gasteiger partial charge in [-0.3, -0.25) is 0 Å². The van der Waals surface area contributed by atoms with Gasteiger partial charge < -0.3 is 0 Å². The Kier molecular flexibility index (Phi) is 2.90. The Bertz CT molecular complexity index is 920. The first-order chi connectivity index (χ1) is 10.8. The van der Waals surface area contributed by atoms with Crippen molar-refractivity contribution in [2.45, 2.75) is 0 Å². The summed E-state index contributed by atoms with van der Waals surface area (Å²) >= 11 is 0. The lowest BCUT2D eigenvalue weighted by molar-refractivity contribution is -0.664. The molecule has 22 heavy (non-hydrogen) atoms. The van der Waals surface area contributed by atoms with E-state index in [4.69, 9.17) is 0 Å². The molecule has 0 saturated heterocycles. The van der Waals surface area contributed by atoms with E-state index < -0.39 is 0 Å². The molecule has 0 unspecified atom stereocenters. The first-order valence-electron chi connectivity index (χ1n) is 7.51. The fourth-order valence-electron chi connectivity index (χ4n) is 3.20. The smallest absolute Gasteiger partial charge is 0.189 e. The third kappa shape index (κ3) is 1.88. The molecule has 0 bridgehead atoms. The minimum Gasteiger partial charge on any atom is -0.189 e. The lowest BCUT2D eigenvalue weighted by atomic mass is 10.1. The van der Waals surface area contributed by atoms with Crippen LogP contribution < -0.4 is 9.13 Å². The fourth-order valence-corrected chi connectivity index (χ4v) is 3.20. The predicted octanol–water partition coefficient (Wildman–Crippen LogP) is 3.31. The molecule has 2 aromatic heterocycles. The van der Waals surface area contributed by atoms with Crippen LogP contribution in [-0.4, -0.2) is 0 Å². The van der Waals surface area contributed by atoms with Crippen molar-refractivity contribution in [2.75, 3.05) is 0 Å². The highest BCUT2D eigenvalue weighted by Gasteiger charge is 2.22. The van der Waals surface area contributed by atoms with Crippen LogP contribution in [0.5, 0.6) is 0 Å². The van der Waals surface area contributed by atoms with E-state index in [9.17, 15) is 0 Å². The van der Waals surface area contributed by atoms with Gasteiger partial charge in [-0.05, 0) is 24.3 Å². The Morgan fingerprint density at radius 3 is 1.36 bits per heavy atom. The first-order valence-corrected chi connectivity index (χ1v) is 7.51. The maximum atomic E-state index is 2.26. The summed E-state index contributed by atoms with van der Waals surface area (Å²) < 4.78 is 4.53. The van der Waals surface area contributed by atoms with Crippen LogP contribution >= 0.6 is 0 Å². The van der Waals surface area contributed by atoms with Gasteiger partial charge in [0.25, 0.3) is 11.4 Å². The Hall–Kier alpha value is -2.74. The van der Waals surface area contributed by atoms with Gasteiger partial charge in [-0.1, -0.05) is 24.3 Å². The molecule has 0 radical (unpaired) electrons. The molecule has 0 spiro atoms. The average Bonchev–Trinajstić information content (AvgIpc) is 2.57. The molecule has 0 amide bonds. The fraction of sp³-hybridized carbons (Fsp3) is 0.100. The van der Waals surface area contributed by atoms with Gasteiger partial charge >= 0.3 is 0 Å². The third-order valence-corrected chi connectivity index (χ3v) is 4.42. The third-order valence-electron chi connectivity index (χ3n) is 4.42. The monoisotopic (exact) mass is 286 g/mol. The maximum absolute atomic E-state index is 2.26. The molecular formula is C20H18N2+2. The number of aryl methyl sites for hydroxylation is 2. The van der Waals surface area contributed by atoms with E-state index in [1.165, 1.54) is 33.2 Å². The number of hydrogen-bond acceptors (Lipinski definition) is 0. The summed E-state index contributed by atoms with van der Waals surface area (Å²) in [5.41, 5.74) is 4.92. The van der Waals surface area contributed by atoms with Crippen molar-refractivity contribution >= 4 is 21.8 Å². The number of para-hydroxylation sites is 2. The second-order valence-corrected chi connectivity index (χ2v) is 5.67. The number of aromatic nitrogens is 2. The average molecular weight is 286 g/mol. The van der Waals surface area contributed by atoms with Crippen LogP contribution in [0.25, 0.3) is 33.2 Å². The molecule has 0 saturated carbocycles. The van der Waals surface area contributed by atoms with Gasteiger partial charge in [0.1, 0.15) is 14.1 Å². The van der Waals surface area contributed by atoms with E-state index in [-0.39, 0.29) is 0 Å². The molecule has 0 aliphatic rings. The Morgan fingerprint density at radius 2 is 0.909 bits per heavy atom. The molecule has 2 nitrogen and oxygen atoms in total. The van der Waals surface area contributed by atoms with Gasteiger partial charge in [-0.25, -0.2) is 0 Å². The molecule has 0 N–H and O–H groups in total. The Balaban J connectivity index is 2.03.